The van der Waals surface area contributed by atoms with E-state index in [9.17, 15) is 0 Å². The van der Waals surface area contributed by atoms with E-state index in [4.69, 9.17) is 0 Å². The van der Waals surface area contributed by atoms with Gasteiger partial charge in [-0.3, -0.25) is 0 Å². The number of anilines is 1. The van der Waals surface area contributed by atoms with Gasteiger partial charge < -0.3 is 9.57 Å². The Balaban J connectivity index is 2.30. The van der Waals surface area contributed by atoms with Crippen molar-refractivity contribution in [3.05, 3.63) is 47.9 Å². The predicted octanol–water partition coefficient (Wildman–Crippen LogP) is 6.32. The summed E-state index contributed by atoms with van der Waals surface area (Å²) in [5, 5.41) is 0.531. The van der Waals surface area contributed by atoms with Gasteiger partial charge in [-0.1, -0.05) is 59.2 Å². The van der Waals surface area contributed by atoms with E-state index in [0.717, 1.165) is 0 Å². The van der Waals surface area contributed by atoms with Gasteiger partial charge in [-0.2, -0.15) is 0 Å². The third-order valence-corrected chi connectivity index (χ3v) is 7.26. The minimum absolute atomic E-state index is 0.266. The molecule has 0 bridgehead atoms. The van der Waals surface area contributed by atoms with Gasteiger partial charge >= 0.3 is 0 Å². The Bertz CT molecular complexity index is 568. The van der Waals surface area contributed by atoms with Crippen LogP contribution in [0.1, 0.15) is 58.2 Å². The SMILES string of the molecule is Cc1cc(C)c(N2[CH]N(P(C(C)(C)C)C(C)(C)C)C=C2)c(C)c1. The quantitative estimate of drug-likeness (QED) is 0.585. The lowest BCUT2D eigenvalue weighted by molar-refractivity contribution is 0.617. The second kappa shape index (κ2) is 6.13. The highest BCUT2D eigenvalue weighted by Gasteiger charge is 2.40. The van der Waals surface area contributed by atoms with E-state index >= 15 is 0 Å². The smallest absolute Gasteiger partial charge is 0.149 e. The van der Waals surface area contributed by atoms with Gasteiger partial charge in [0, 0.05) is 36.5 Å². The van der Waals surface area contributed by atoms with Crippen molar-refractivity contribution in [1.82, 2.24) is 4.67 Å². The molecule has 0 unspecified atom stereocenters. The minimum Gasteiger partial charge on any atom is -0.330 e. The molecule has 0 atom stereocenters. The summed E-state index contributed by atoms with van der Waals surface area (Å²) in [6.07, 6.45) is 4.46. The Morgan fingerprint density at radius 1 is 0.783 bits per heavy atom. The molecule has 1 heterocycles. The van der Waals surface area contributed by atoms with Crippen molar-refractivity contribution in [2.45, 2.75) is 72.6 Å². The summed E-state index contributed by atoms with van der Waals surface area (Å²) in [4.78, 5) is 2.29. The number of aryl methyl sites for hydroxylation is 3. The van der Waals surface area contributed by atoms with Gasteiger partial charge in [0.15, 0.2) is 0 Å². The van der Waals surface area contributed by atoms with Gasteiger partial charge in [0.25, 0.3) is 0 Å². The molecule has 23 heavy (non-hydrogen) atoms. The highest BCUT2D eigenvalue weighted by atomic mass is 31.1. The highest BCUT2D eigenvalue weighted by molar-refractivity contribution is 7.58. The first-order chi connectivity index (χ1) is 10.4. The number of nitrogens with zero attached hydrogens (tertiary/aromatic N) is 2. The monoisotopic (exact) mass is 331 g/mol. The first kappa shape index (κ1) is 18.3. The average molecular weight is 331 g/mol. The topological polar surface area (TPSA) is 6.48 Å². The van der Waals surface area contributed by atoms with E-state index in [1.807, 2.05) is 0 Å². The van der Waals surface area contributed by atoms with Crippen molar-refractivity contribution < 1.29 is 0 Å². The standard InChI is InChI=1S/C20H32N2P/c1-15-12-16(2)18(17(3)13-15)21-10-11-22(14-21)23(19(4,5)6)20(7,8)9/h10-14H,1-9H3. The first-order valence-corrected chi connectivity index (χ1v) is 9.69. The molecule has 0 saturated heterocycles. The second-order valence-electron chi connectivity index (χ2n) is 8.60. The van der Waals surface area contributed by atoms with Crippen molar-refractivity contribution in [2.24, 2.45) is 0 Å². The molecule has 1 radical (unpaired) electrons. The molecule has 0 N–H and O–H groups in total. The van der Waals surface area contributed by atoms with Gasteiger partial charge in [0.2, 0.25) is 0 Å². The largest absolute Gasteiger partial charge is 0.330 e. The summed E-state index contributed by atoms with van der Waals surface area (Å²) in [6, 6.07) is 4.53. The fraction of sp³-hybridized carbons (Fsp3) is 0.550. The molecule has 2 nitrogen and oxygen atoms in total. The summed E-state index contributed by atoms with van der Waals surface area (Å²) in [6.45, 7) is 23.0. The summed E-state index contributed by atoms with van der Waals surface area (Å²) in [7, 11) is -0.337. The normalized spacial score (nSPS) is 15.9. The molecule has 0 amide bonds. The Labute approximate surface area is 144 Å². The molecule has 1 aliphatic rings. The summed E-state index contributed by atoms with van der Waals surface area (Å²) in [5.41, 5.74) is 5.31. The van der Waals surface area contributed by atoms with E-state index in [2.05, 4.69) is 103 Å². The van der Waals surface area contributed by atoms with Gasteiger partial charge in [0.05, 0.1) is 0 Å². The molecule has 0 saturated carbocycles. The van der Waals surface area contributed by atoms with Crippen molar-refractivity contribution in [1.29, 1.82) is 0 Å². The zero-order valence-electron chi connectivity index (χ0n) is 16.2. The van der Waals surface area contributed by atoms with Crippen molar-refractivity contribution in [3.63, 3.8) is 0 Å². The molecule has 0 aliphatic carbocycles. The van der Waals surface area contributed by atoms with E-state index in [1.165, 1.54) is 22.4 Å². The van der Waals surface area contributed by atoms with Gasteiger partial charge in [-0.15, -0.1) is 0 Å². The van der Waals surface area contributed by atoms with Crippen LogP contribution in [0.2, 0.25) is 0 Å². The third-order valence-electron chi connectivity index (χ3n) is 4.02. The van der Waals surface area contributed by atoms with Crippen LogP contribution in [0.25, 0.3) is 0 Å². The molecule has 1 aromatic carbocycles. The van der Waals surface area contributed by atoms with E-state index < -0.39 is 0 Å². The zero-order chi connectivity index (χ0) is 17.6. The summed E-state index contributed by atoms with van der Waals surface area (Å²) < 4.78 is 2.45. The number of hydrogen-bond acceptors (Lipinski definition) is 2. The zero-order valence-corrected chi connectivity index (χ0v) is 17.1. The minimum atomic E-state index is -0.337. The maximum atomic E-state index is 2.45. The van der Waals surface area contributed by atoms with Gasteiger partial charge in [0.1, 0.15) is 6.67 Å². The Hall–Kier alpha value is -1.01. The molecule has 127 valence electrons. The maximum absolute atomic E-state index is 2.45. The highest BCUT2D eigenvalue weighted by Crippen LogP contribution is 2.63. The number of rotatable bonds is 2. The number of benzene rings is 1. The lowest BCUT2D eigenvalue weighted by Gasteiger charge is -2.46. The molecule has 0 spiro atoms. The molecule has 0 aromatic heterocycles. The number of hydrogen-bond donors (Lipinski definition) is 0. The lowest BCUT2D eigenvalue weighted by atomic mass is 10.0. The van der Waals surface area contributed by atoms with Crippen molar-refractivity contribution >= 4 is 13.8 Å². The predicted molar refractivity (Wildman–Crippen MR) is 105 cm³/mol. The fourth-order valence-corrected chi connectivity index (χ4v) is 7.68. The molecular formula is C20H32N2P. The van der Waals surface area contributed by atoms with Gasteiger partial charge in [-0.05, 0) is 31.9 Å². The van der Waals surface area contributed by atoms with Crippen LogP contribution in [-0.4, -0.2) is 15.0 Å². The summed E-state index contributed by atoms with van der Waals surface area (Å²) in [5.74, 6) is 0. The van der Waals surface area contributed by atoms with E-state index in [1.54, 1.807) is 0 Å². The lowest BCUT2D eigenvalue weighted by Crippen LogP contribution is -2.33. The van der Waals surface area contributed by atoms with E-state index in [-0.39, 0.29) is 18.4 Å². The molecular weight excluding hydrogens is 299 g/mol. The molecule has 1 aromatic rings. The fourth-order valence-electron chi connectivity index (χ4n) is 3.87. The average Bonchev–Trinajstić information content (AvgIpc) is 2.71. The third kappa shape index (κ3) is 3.91. The Morgan fingerprint density at radius 2 is 1.26 bits per heavy atom. The van der Waals surface area contributed by atoms with Crippen LogP contribution in [0.5, 0.6) is 0 Å². The summed E-state index contributed by atoms with van der Waals surface area (Å²) >= 11 is 0. The maximum Gasteiger partial charge on any atom is 0.149 e. The Kier molecular flexibility index (Phi) is 4.89. The van der Waals surface area contributed by atoms with Gasteiger partial charge in [-0.25, -0.2) is 0 Å². The molecule has 2 rings (SSSR count). The van der Waals surface area contributed by atoms with Crippen LogP contribution in [0.3, 0.4) is 0 Å². The second-order valence-corrected chi connectivity index (χ2v) is 12.4. The molecule has 1 aliphatic heterocycles. The molecule has 3 heteroatoms. The van der Waals surface area contributed by atoms with Crippen LogP contribution >= 0.6 is 8.07 Å². The molecule has 0 fully saturated rings. The van der Waals surface area contributed by atoms with Crippen LogP contribution in [-0.2, 0) is 0 Å². The van der Waals surface area contributed by atoms with E-state index in [0.29, 0.717) is 0 Å². The van der Waals surface area contributed by atoms with Crippen LogP contribution in [0.15, 0.2) is 24.5 Å². The van der Waals surface area contributed by atoms with Crippen LogP contribution in [0.4, 0.5) is 5.69 Å². The van der Waals surface area contributed by atoms with Crippen LogP contribution in [0, 0.1) is 27.4 Å². The van der Waals surface area contributed by atoms with Crippen molar-refractivity contribution in [3.8, 4) is 0 Å². The van der Waals surface area contributed by atoms with Crippen molar-refractivity contribution in [2.75, 3.05) is 4.90 Å². The first-order valence-electron chi connectivity index (χ1n) is 8.39. The Morgan fingerprint density at radius 3 is 1.70 bits per heavy atom. The van der Waals surface area contributed by atoms with Crippen LogP contribution < -0.4 is 4.90 Å².